The number of halogens is 2. The van der Waals surface area contributed by atoms with Crippen molar-refractivity contribution in [2.75, 3.05) is 30.9 Å². The molecule has 0 spiro atoms. The van der Waals surface area contributed by atoms with Gasteiger partial charge in [0, 0.05) is 60.6 Å². The maximum atomic E-state index is 13.5. The average Bonchev–Trinajstić information content (AvgIpc) is 2.91. The van der Waals surface area contributed by atoms with Crippen molar-refractivity contribution in [3.8, 4) is 0 Å². The number of carbonyl (C=O) groups excluding carboxylic acids is 2. The summed E-state index contributed by atoms with van der Waals surface area (Å²) < 4.78 is 55.5. The normalized spacial score (nSPS) is 13.9. The van der Waals surface area contributed by atoms with Crippen molar-refractivity contribution in [1.82, 2.24) is 14.8 Å². The number of piperazine rings is 1. The van der Waals surface area contributed by atoms with Crippen molar-refractivity contribution in [1.29, 1.82) is 0 Å². The summed E-state index contributed by atoms with van der Waals surface area (Å²) in [5, 5.41) is 0.696. The van der Waals surface area contributed by atoms with E-state index < -0.39 is 27.6 Å². The maximum Gasteiger partial charge on any atom is 0.264 e. The van der Waals surface area contributed by atoms with Crippen molar-refractivity contribution in [2.45, 2.75) is 4.90 Å². The molecule has 1 aromatic heterocycles. The van der Waals surface area contributed by atoms with Gasteiger partial charge in [0.05, 0.1) is 5.52 Å². The van der Waals surface area contributed by atoms with Gasteiger partial charge in [0.15, 0.2) is 0 Å². The molecule has 0 unspecified atom stereocenters. The number of rotatable bonds is 5. The van der Waals surface area contributed by atoms with Gasteiger partial charge in [0.1, 0.15) is 16.5 Å². The van der Waals surface area contributed by atoms with E-state index in [2.05, 4.69) is 9.71 Å². The van der Waals surface area contributed by atoms with Gasteiger partial charge in [0.25, 0.3) is 21.8 Å². The second-order valence-electron chi connectivity index (χ2n) is 8.76. The zero-order valence-corrected chi connectivity index (χ0v) is 20.8. The number of para-hydroxylation sites is 1. The molecule has 0 saturated carbocycles. The lowest BCUT2D eigenvalue weighted by atomic mass is 10.1. The summed E-state index contributed by atoms with van der Waals surface area (Å²) in [7, 11) is -3.93. The molecule has 3 aromatic carbocycles. The van der Waals surface area contributed by atoms with Crippen LogP contribution in [0.4, 0.5) is 14.5 Å². The van der Waals surface area contributed by atoms with Gasteiger partial charge >= 0.3 is 0 Å². The number of aromatic nitrogens is 1. The summed E-state index contributed by atoms with van der Waals surface area (Å²) in [5.74, 6) is -2.45. The second-order valence-corrected chi connectivity index (χ2v) is 10.4. The van der Waals surface area contributed by atoms with Crippen molar-refractivity contribution in [3.63, 3.8) is 0 Å². The highest BCUT2D eigenvalue weighted by Gasteiger charge is 2.26. The van der Waals surface area contributed by atoms with E-state index in [9.17, 15) is 26.8 Å². The average molecular weight is 537 g/mol. The topological polar surface area (TPSA) is 99.7 Å². The standard InChI is InChI=1S/C27H22F2N4O4S/c28-21-15-20(16-22(29)17-21)27(35)33-13-11-32(12-14-33)26(34)19-6-8-23(9-7-19)31-38(36,37)24-5-1-3-18-4-2-10-30-25(18)24/h1-10,15-17,31H,11-14H2. The first kappa shape index (κ1) is 25.3. The largest absolute Gasteiger partial charge is 0.335 e. The Morgan fingerprint density at radius 1 is 0.763 bits per heavy atom. The van der Waals surface area contributed by atoms with Crippen LogP contribution in [0.1, 0.15) is 20.7 Å². The molecule has 1 saturated heterocycles. The predicted molar refractivity (Wildman–Crippen MR) is 137 cm³/mol. The number of hydrogen-bond acceptors (Lipinski definition) is 5. The zero-order chi connectivity index (χ0) is 26.9. The first-order valence-corrected chi connectivity index (χ1v) is 13.2. The smallest absolute Gasteiger partial charge is 0.264 e. The van der Waals surface area contributed by atoms with Crippen molar-refractivity contribution in [3.05, 3.63) is 102 Å². The Morgan fingerprint density at radius 3 is 1.97 bits per heavy atom. The third-order valence-corrected chi connectivity index (χ3v) is 7.65. The molecule has 2 heterocycles. The number of sulfonamides is 1. The first-order chi connectivity index (χ1) is 18.2. The Morgan fingerprint density at radius 2 is 1.34 bits per heavy atom. The van der Waals surface area contributed by atoms with Gasteiger partial charge in [0.2, 0.25) is 0 Å². The van der Waals surface area contributed by atoms with Crippen LogP contribution in [0.3, 0.4) is 0 Å². The Kier molecular flexibility index (Phi) is 6.77. The molecule has 11 heteroatoms. The highest BCUT2D eigenvalue weighted by atomic mass is 32.2. The molecule has 0 bridgehead atoms. The molecule has 4 aromatic rings. The Hall–Kier alpha value is -4.38. The molecule has 1 N–H and O–H groups in total. The van der Waals surface area contributed by atoms with E-state index in [4.69, 9.17) is 0 Å². The zero-order valence-electron chi connectivity index (χ0n) is 20.0. The van der Waals surface area contributed by atoms with Crippen LogP contribution in [0.15, 0.2) is 83.9 Å². The van der Waals surface area contributed by atoms with E-state index in [-0.39, 0.29) is 48.2 Å². The minimum Gasteiger partial charge on any atom is -0.335 e. The fourth-order valence-electron chi connectivity index (χ4n) is 4.34. The van der Waals surface area contributed by atoms with Gasteiger partial charge < -0.3 is 9.80 Å². The fourth-order valence-corrected chi connectivity index (χ4v) is 5.58. The van der Waals surface area contributed by atoms with Crippen LogP contribution in [-0.4, -0.2) is 61.2 Å². The van der Waals surface area contributed by atoms with Crippen LogP contribution in [0.5, 0.6) is 0 Å². The van der Waals surface area contributed by atoms with Gasteiger partial charge in [-0.1, -0.05) is 18.2 Å². The number of fused-ring (bicyclic) bond motifs is 1. The lowest BCUT2D eigenvalue weighted by Gasteiger charge is -2.35. The maximum absolute atomic E-state index is 13.5. The van der Waals surface area contributed by atoms with E-state index in [1.807, 2.05) is 0 Å². The minimum atomic E-state index is -3.93. The molecule has 1 aliphatic heterocycles. The summed E-state index contributed by atoms with van der Waals surface area (Å²) in [6.07, 6.45) is 1.53. The number of hydrogen-bond donors (Lipinski definition) is 1. The molecule has 38 heavy (non-hydrogen) atoms. The molecule has 8 nitrogen and oxygen atoms in total. The molecule has 0 radical (unpaired) electrons. The first-order valence-electron chi connectivity index (χ1n) is 11.7. The number of anilines is 1. The van der Waals surface area contributed by atoms with Crippen LogP contribution in [-0.2, 0) is 10.0 Å². The molecule has 1 fully saturated rings. The molecule has 1 aliphatic rings. The molecule has 0 aliphatic carbocycles. The number of nitrogens with one attached hydrogen (secondary N) is 1. The summed E-state index contributed by atoms with van der Waals surface area (Å²) in [6.45, 7) is 0.898. The lowest BCUT2D eigenvalue weighted by Crippen LogP contribution is -2.50. The van der Waals surface area contributed by atoms with Gasteiger partial charge in [-0.15, -0.1) is 0 Å². The predicted octanol–water partition coefficient (Wildman–Crippen LogP) is 3.91. The molecule has 194 valence electrons. The molecular formula is C27H22F2N4O4S. The second kappa shape index (κ2) is 10.2. The Labute approximate surface area is 217 Å². The molecular weight excluding hydrogens is 514 g/mol. The highest BCUT2D eigenvalue weighted by molar-refractivity contribution is 7.93. The monoisotopic (exact) mass is 536 g/mol. The fraction of sp³-hybridized carbons (Fsp3) is 0.148. The molecule has 5 rings (SSSR count). The van der Waals surface area contributed by atoms with Gasteiger partial charge in [-0.25, -0.2) is 17.2 Å². The van der Waals surface area contributed by atoms with E-state index in [1.165, 1.54) is 41.4 Å². The van der Waals surface area contributed by atoms with Crippen LogP contribution in [0, 0.1) is 11.6 Å². The quantitative estimate of drug-likeness (QED) is 0.417. The molecule has 2 amide bonds. The van der Waals surface area contributed by atoms with Crippen LogP contribution in [0.2, 0.25) is 0 Å². The van der Waals surface area contributed by atoms with Gasteiger partial charge in [-0.2, -0.15) is 0 Å². The number of benzene rings is 3. The van der Waals surface area contributed by atoms with E-state index in [0.29, 0.717) is 22.5 Å². The number of amides is 2. The van der Waals surface area contributed by atoms with E-state index in [0.717, 1.165) is 12.1 Å². The SMILES string of the molecule is O=C(c1ccc(NS(=O)(=O)c2cccc3cccnc23)cc1)N1CCN(C(=O)c2cc(F)cc(F)c2)CC1. The molecule has 0 atom stereocenters. The van der Waals surface area contributed by atoms with Crippen molar-refractivity contribution >= 4 is 38.4 Å². The summed E-state index contributed by atoms with van der Waals surface area (Å²) in [4.78, 5) is 32.8. The van der Waals surface area contributed by atoms with Gasteiger partial charge in [-0.3, -0.25) is 19.3 Å². The summed E-state index contributed by atoms with van der Waals surface area (Å²) in [5.41, 5.74) is 0.910. The summed E-state index contributed by atoms with van der Waals surface area (Å²) in [6, 6.07) is 17.1. The van der Waals surface area contributed by atoms with Gasteiger partial charge in [-0.05, 0) is 48.5 Å². The van der Waals surface area contributed by atoms with E-state index in [1.54, 1.807) is 29.2 Å². The number of carbonyl (C=O) groups is 2. The lowest BCUT2D eigenvalue weighted by molar-refractivity contribution is 0.0535. The summed E-state index contributed by atoms with van der Waals surface area (Å²) >= 11 is 0. The van der Waals surface area contributed by atoms with Crippen LogP contribution in [0.25, 0.3) is 10.9 Å². The van der Waals surface area contributed by atoms with Crippen molar-refractivity contribution in [2.24, 2.45) is 0 Å². The Balaban J connectivity index is 1.23. The van der Waals surface area contributed by atoms with Crippen LogP contribution < -0.4 is 4.72 Å². The third kappa shape index (κ3) is 5.18. The minimum absolute atomic E-state index is 0.0455. The Bertz CT molecular complexity index is 1610. The van der Waals surface area contributed by atoms with E-state index >= 15 is 0 Å². The van der Waals surface area contributed by atoms with Crippen molar-refractivity contribution < 1.29 is 26.8 Å². The van der Waals surface area contributed by atoms with Crippen LogP contribution >= 0.6 is 0 Å². The number of pyridine rings is 1. The highest BCUT2D eigenvalue weighted by Crippen LogP contribution is 2.24. The number of nitrogens with zero attached hydrogens (tertiary/aromatic N) is 3. The third-order valence-electron chi connectivity index (χ3n) is 6.23.